The van der Waals surface area contributed by atoms with E-state index in [1.165, 1.54) is 5.56 Å². The third-order valence-corrected chi connectivity index (χ3v) is 4.51. The molecule has 1 fully saturated rings. The Labute approximate surface area is 160 Å². The second-order valence-electron chi connectivity index (χ2n) is 7.32. The number of benzene rings is 1. The van der Waals surface area contributed by atoms with Crippen LogP contribution in [0, 0.1) is 5.92 Å². The maximum atomic E-state index is 12.2. The van der Waals surface area contributed by atoms with Gasteiger partial charge in [0.05, 0.1) is 31.8 Å². The number of amides is 2. The monoisotopic (exact) mass is 371 g/mol. The van der Waals surface area contributed by atoms with Gasteiger partial charge in [0.1, 0.15) is 0 Å². The van der Waals surface area contributed by atoms with Crippen molar-refractivity contribution in [1.29, 1.82) is 0 Å². The summed E-state index contributed by atoms with van der Waals surface area (Å²) in [4.78, 5) is 18.7. The van der Waals surface area contributed by atoms with E-state index < -0.39 is 0 Å². The Hall–Kier alpha value is -2.38. The van der Waals surface area contributed by atoms with E-state index in [0.29, 0.717) is 12.5 Å². The van der Waals surface area contributed by atoms with E-state index in [4.69, 9.17) is 4.74 Å². The van der Waals surface area contributed by atoms with E-state index in [1.54, 1.807) is 6.20 Å². The predicted octanol–water partition coefficient (Wildman–Crippen LogP) is 2.69. The first kappa shape index (κ1) is 19.4. The number of hydrogen-bond acceptors (Lipinski definition) is 4. The number of morpholine rings is 1. The molecule has 0 aliphatic carbocycles. The number of aromatic nitrogens is 2. The summed E-state index contributed by atoms with van der Waals surface area (Å²) in [5.74, 6) is 0.530. The number of hydrogen-bond donors (Lipinski definition) is 2. The Morgan fingerprint density at radius 3 is 2.67 bits per heavy atom. The largest absolute Gasteiger partial charge is 0.379 e. The number of nitrogens with zero attached hydrogens (tertiary/aromatic N) is 3. The molecule has 0 saturated carbocycles. The molecule has 1 aromatic heterocycles. The Bertz CT molecular complexity index is 720. The molecule has 2 aromatic rings. The predicted molar refractivity (Wildman–Crippen MR) is 105 cm³/mol. The van der Waals surface area contributed by atoms with E-state index in [9.17, 15) is 4.79 Å². The van der Waals surface area contributed by atoms with E-state index in [1.807, 2.05) is 18.5 Å². The zero-order chi connectivity index (χ0) is 19.1. The van der Waals surface area contributed by atoms with Gasteiger partial charge in [0, 0.05) is 38.1 Å². The average Bonchev–Trinajstić information content (AvgIpc) is 3.09. The lowest BCUT2D eigenvalue weighted by molar-refractivity contribution is 0.0342. The smallest absolute Gasteiger partial charge is 0.319 e. The van der Waals surface area contributed by atoms with Crippen LogP contribution in [-0.4, -0.2) is 46.8 Å². The van der Waals surface area contributed by atoms with Crippen LogP contribution >= 0.6 is 0 Å². The van der Waals surface area contributed by atoms with Crippen LogP contribution in [0.5, 0.6) is 0 Å². The van der Waals surface area contributed by atoms with Crippen LogP contribution < -0.4 is 10.6 Å². The molecule has 3 rings (SSSR count). The van der Waals surface area contributed by atoms with Gasteiger partial charge in [-0.05, 0) is 23.6 Å². The maximum absolute atomic E-state index is 12.2. The summed E-state index contributed by atoms with van der Waals surface area (Å²) in [6, 6.07) is 7.79. The minimum Gasteiger partial charge on any atom is -0.379 e. The number of carbonyl (C=O) groups excluding carboxylic acids is 1. The summed E-state index contributed by atoms with van der Waals surface area (Å²) in [6.45, 7) is 10.1. The van der Waals surface area contributed by atoms with Crippen LogP contribution in [0.25, 0.3) is 0 Å². The molecule has 0 spiro atoms. The summed E-state index contributed by atoms with van der Waals surface area (Å²) in [6.07, 6.45) is 3.60. The van der Waals surface area contributed by atoms with Gasteiger partial charge >= 0.3 is 6.03 Å². The van der Waals surface area contributed by atoms with Gasteiger partial charge in [-0.15, -0.1) is 0 Å². The number of rotatable bonds is 7. The summed E-state index contributed by atoms with van der Waals surface area (Å²) in [5.41, 5.74) is 3.02. The Morgan fingerprint density at radius 1 is 1.22 bits per heavy atom. The lowest BCUT2D eigenvalue weighted by Gasteiger charge is -2.26. The van der Waals surface area contributed by atoms with Crippen LogP contribution in [0.1, 0.15) is 25.1 Å². The molecule has 1 saturated heterocycles. The van der Waals surface area contributed by atoms with Gasteiger partial charge in [-0.25, -0.2) is 9.78 Å². The summed E-state index contributed by atoms with van der Waals surface area (Å²) in [7, 11) is 0. The molecule has 0 atom stereocenters. The highest BCUT2D eigenvalue weighted by Crippen LogP contribution is 2.12. The molecule has 2 heterocycles. The first-order valence-corrected chi connectivity index (χ1v) is 9.53. The Morgan fingerprint density at radius 2 is 1.96 bits per heavy atom. The van der Waals surface area contributed by atoms with E-state index >= 15 is 0 Å². The molecular weight excluding hydrogens is 342 g/mol. The molecule has 0 radical (unpaired) electrons. The van der Waals surface area contributed by atoms with Crippen molar-refractivity contribution in [2.24, 2.45) is 5.92 Å². The molecule has 0 bridgehead atoms. The highest BCUT2D eigenvalue weighted by atomic mass is 16.5. The minimum absolute atomic E-state index is 0.215. The lowest BCUT2D eigenvalue weighted by Crippen LogP contribution is -2.35. The zero-order valence-electron chi connectivity index (χ0n) is 16.1. The highest BCUT2D eigenvalue weighted by Gasteiger charge is 2.11. The number of nitrogens with one attached hydrogen (secondary N) is 2. The highest BCUT2D eigenvalue weighted by molar-refractivity contribution is 5.89. The van der Waals surface area contributed by atoms with Crippen molar-refractivity contribution < 1.29 is 9.53 Å². The topological polar surface area (TPSA) is 71.4 Å². The average molecular weight is 371 g/mol. The number of urea groups is 1. The standard InChI is InChI=1S/C20H29N5O2/c1-16(2)13-25-15-21-11-19(25)12-22-20(26)23-18-5-3-17(4-6-18)14-24-7-9-27-10-8-24/h3-6,11,15-16H,7-10,12-14H2,1-2H3,(H2,22,23,26). The second kappa shape index (κ2) is 9.53. The van der Waals surface area contributed by atoms with Crippen LogP contribution in [0.3, 0.4) is 0 Å². The van der Waals surface area contributed by atoms with Crippen molar-refractivity contribution >= 4 is 11.7 Å². The first-order valence-electron chi connectivity index (χ1n) is 9.53. The molecule has 0 unspecified atom stereocenters. The first-order chi connectivity index (χ1) is 13.1. The van der Waals surface area contributed by atoms with Crippen molar-refractivity contribution in [1.82, 2.24) is 19.8 Å². The van der Waals surface area contributed by atoms with Gasteiger partial charge in [0.25, 0.3) is 0 Å². The van der Waals surface area contributed by atoms with Crippen molar-refractivity contribution in [2.45, 2.75) is 33.5 Å². The minimum atomic E-state index is -0.215. The fourth-order valence-electron chi connectivity index (χ4n) is 3.11. The van der Waals surface area contributed by atoms with Crippen LogP contribution in [-0.2, 0) is 24.4 Å². The van der Waals surface area contributed by atoms with E-state index in [2.05, 4.69) is 51.1 Å². The van der Waals surface area contributed by atoms with Crippen LogP contribution in [0.15, 0.2) is 36.8 Å². The quantitative estimate of drug-likeness (QED) is 0.785. The fourth-order valence-corrected chi connectivity index (χ4v) is 3.11. The number of imidazole rings is 1. The van der Waals surface area contributed by atoms with Gasteiger partial charge < -0.3 is 19.9 Å². The van der Waals surface area contributed by atoms with Crippen molar-refractivity contribution in [2.75, 3.05) is 31.6 Å². The zero-order valence-corrected chi connectivity index (χ0v) is 16.1. The van der Waals surface area contributed by atoms with E-state index in [0.717, 1.165) is 50.8 Å². The van der Waals surface area contributed by atoms with Gasteiger partial charge in [0.2, 0.25) is 0 Å². The summed E-state index contributed by atoms with van der Waals surface area (Å²) in [5, 5.41) is 5.78. The molecule has 1 aromatic carbocycles. The molecule has 2 N–H and O–H groups in total. The van der Waals surface area contributed by atoms with Crippen LogP contribution in [0.4, 0.5) is 10.5 Å². The van der Waals surface area contributed by atoms with Gasteiger partial charge in [-0.2, -0.15) is 0 Å². The molecule has 1 aliphatic rings. The SMILES string of the molecule is CC(C)Cn1cncc1CNC(=O)Nc1ccc(CN2CCOCC2)cc1. The van der Waals surface area contributed by atoms with Gasteiger partial charge in [0.15, 0.2) is 0 Å². The van der Waals surface area contributed by atoms with Crippen LogP contribution in [0.2, 0.25) is 0 Å². The molecule has 1 aliphatic heterocycles. The number of ether oxygens (including phenoxy) is 1. The van der Waals surface area contributed by atoms with Crippen molar-refractivity contribution in [3.8, 4) is 0 Å². The van der Waals surface area contributed by atoms with Gasteiger partial charge in [-0.3, -0.25) is 4.90 Å². The van der Waals surface area contributed by atoms with Gasteiger partial charge in [-0.1, -0.05) is 26.0 Å². The van der Waals surface area contributed by atoms with Crippen molar-refractivity contribution in [3.63, 3.8) is 0 Å². The fraction of sp³-hybridized carbons (Fsp3) is 0.500. The molecule has 7 heteroatoms. The molecular formula is C20H29N5O2. The molecule has 27 heavy (non-hydrogen) atoms. The number of carbonyl (C=O) groups is 1. The molecule has 146 valence electrons. The lowest BCUT2D eigenvalue weighted by atomic mass is 10.2. The Balaban J connectivity index is 1.46. The van der Waals surface area contributed by atoms with E-state index in [-0.39, 0.29) is 6.03 Å². The molecule has 2 amide bonds. The third-order valence-electron chi connectivity index (χ3n) is 4.51. The summed E-state index contributed by atoms with van der Waals surface area (Å²) >= 11 is 0. The molecule has 7 nitrogen and oxygen atoms in total. The third kappa shape index (κ3) is 6.08. The number of anilines is 1. The van der Waals surface area contributed by atoms with Crippen molar-refractivity contribution in [3.05, 3.63) is 48.0 Å². The Kier molecular flexibility index (Phi) is 6.84. The maximum Gasteiger partial charge on any atom is 0.319 e. The second-order valence-corrected chi connectivity index (χ2v) is 7.32. The normalized spacial score (nSPS) is 15.1. The summed E-state index contributed by atoms with van der Waals surface area (Å²) < 4.78 is 7.45.